The lowest BCUT2D eigenvalue weighted by Gasteiger charge is -2.33. The van der Waals surface area contributed by atoms with Gasteiger partial charge >= 0.3 is 0 Å². The van der Waals surface area contributed by atoms with Crippen LogP contribution >= 0.6 is 0 Å². The van der Waals surface area contributed by atoms with Gasteiger partial charge in [0.2, 0.25) is 5.91 Å². The van der Waals surface area contributed by atoms with Gasteiger partial charge in [0.25, 0.3) is 0 Å². The molecule has 0 spiro atoms. The molecule has 0 bridgehead atoms. The molecule has 0 radical (unpaired) electrons. The predicted octanol–water partition coefficient (Wildman–Crippen LogP) is 3.14. The van der Waals surface area contributed by atoms with Gasteiger partial charge in [0.15, 0.2) is 0 Å². The molecule has 0 aromatic carbocycles. The molecule has 5 heteroatoms. The average molecular weight is 335 g/mol. The monoisotopic (exact) mass is 334 g/mol. The molecule has 136 valence electrons. The second kappa shape index (κ2) is 8.65. The molecule has 2 aliphatic heterocycles. The zero-order chi connectivity index (χ0) is 17.7. The van der Waals surface area contributed by atoms with Gasteiger partial charge in [-0.05, 0) is 43.8 Å². The van der Waals surface area contributed by atoms with E-state index in [2.05, 4.69) is 29.5 Å². The van der Waals surface area contributed by atoms with Crippen molar-refractivity contribution in [2.75, 3.05) is 19.6 Å². The van der Waals surface area contributed by atoms with Gasteiger partial charge in [-0.2, -0.15) is 5.10 Å². The highest BCUT2D eigenvalue weighted by Gasteiger charge is 2.24. The fraction of sp³-hybridized carbons (Fsp3) is 0.789. The van der Waals surface area contributed by atoms with E-state index in [-0.39, 0.29) is 5.91 Å². The van der Waals surface area contributed by atoms with Crippen molar-refractivity contribution in [1.29, 1.82) is 0 Å². The van der Waals surface area contributed by atoms with Gasteiger partial charge in [-0.3, -0.25) is 14.4 Å². The van der Waals surface area contributed by atoms with Crippen LogP contribution in [0.25, 0.3) is 0 Å². The van der Waals surface area contributed by atoms with Crippen molar-refractivity contribution in [3.63, 3.8) is 0 Å². The van der Waals surface area contributed by atoms with E-state index in [1.165, 1.54) is 31.6 Å². The summed E-state index contributed by atoms with van der Waals surface area (Å²) in [5, 5.41) is 4.73. The SMILES string of the molecule is CC.CC(=O)N1CCn2nc(CN3CCC(C(C)C)CC3)cc2C1. The van der Waals surface area contributed by atoms with Crippen LogP contribution in [0.1, 0.15) is 58.8 Å². The Kier molecular flexibility index (Phi) is 6.84. The molecule has 0 atom stereocenters. The summed E-state index contributed by atoms with van der Waals surface area (Å²) >= 11 is 0. The predicted molar refractivity (Wildman–Crippen MR) is 97.5 cm³/mol. The van der Waals surface area contributed by atoms with Crippen molar-refractivity contribution in [2.45, 2.75) is 67.1 Å². The minimum Gasteiger partial charge on any atom is -0.335 e. The Labute approximate surface area is 147 Å². The first-order chi connectivity index (χ1) is 11.5. The smallest absolute Gasteiger partial charge is 0.219 e. The van der Waals surface area contributed by atoms with E-state index in [1.807, 2.05) is 18.7 Å². The largest absolute Gasteiger partial charge is 0.335 e. The third-order valence-electron chi connectivity index (χ3n) is 5.25. The first kappa shape index (κ1) is 19.0. The average Bonchev–Trinajstić information content (AvgIpc) is 2.98. The van der Waals surface area contributed by atoms with E-state index in [0.29, 0.717) is 6.54 Å². The van der Waals surface area contributed by atoms with Gasteiger partial charge < -0.3 is 4.90 Å². The van der Waals surface area contributed by atoms with Crippen molar-refractivity contribution >= 4 is 5.91 Å². The molecule has 1 saturated heterocycles. The van der Waals surface area contributed by atoms with Crippen LogP contribution in [0.2, 0.25) is 0 Å². The minimum absolute atomic E-state index is 0.157. The molecule has 0 aliphatic carbocycles. The Bertz CT molecular complexity index is 529. The summed E-state index contributed by atoms with van der Waals surface area (Å²) in [5.74, 6) is 1.85. The third kappa shape index (κ3) is 4.59. The normalized spacial score (nSPS) is 19.0. The van der Waals surface area contributed by atoms with E-state index in [1.54, 1.807) is 6.92 Å². The lowest BCUT2D eigenvalue weighted by molar-refractivity contribution is -0.130. The second-order valence-electron chi connectivity index (χ2n) is 7.15. The second-order valence-corrected chi connectivity index (χ2v) is 7.15. The van der Waals surface area contributed by atoms with Crippen molar-refractivity contribution in [1.82, 2.24) is 19.6 Å². The van der Waals surface area contributed by atoms with Crippen LogP contribution in [0.4, 0.5) is 0 Å². The van der Waals surface area contributed by atoms with E-state index < -0.39 is 0 Å². The van der Waals surface area contributed by atoms with Crippen LogP contribution < -0.4 is 0 Å². The standard InChI is InChI=1S/C17H28N4O.C2H6/c1-13(2)15-4-6-19(7-5-15)11-16-10-17-12-20(14(3)22)8-9-21(17)18-16;1-2/h10,13,15H,4-9,11-12H2,1-3H3;1-2H3. The Morgan fingerprint density at radius 2 is 1.88 bits per heavy atom. The highest BCUT2D eigenvalue weighted by molar-refractivity contribution is 5.73. The fourth-order valence-corrected chi connectivity index (χ4v) is 3.68. The van der Waals surface area contributed by atoms with Crippen molar-refractivity contribution in [2.24, 2.45) is 11.8 Å². The van der Waals surface area contributed by atoms with E-state index in [4.69, 9.17) is 5.10 Å². The number of aromatic nitrogens is 2. The lowest BCUT2D eigenvalue weighted by Crippen LogP contribution is -2.36. The van der Waals surface area contributed by atoms with Gasteiger partial charge in [0.05, 0.1) is 24.5 Å². The molecule has 1 aromatic rings. The molecule has 0 N–H and O–H groups in total. The third-order valence-corrected chi connectivity index (χ3v) is 5.25. The molecule has 0 saturated carbocycles. The fourth-order valence-electron chi connectivity index (χ4n) is 3.68. The molecule has 3 rings (SSSR count). The summed E-state index contributed by atoms with van der Waals surface area (Å²) in [6.07, 6.45) is 2.62. The summed E-state index contributed by atoms with van der Waals surface area (Å²) in [7, 11) is 0. The van der Waals surface area contributed by atoms with E-state index >= 15 is 0 Å². The highest BCUT2D eigenvalue weighted by atomic mass is 16.2. The first-order valence-electron chi connectivity index (χ1n) is 9.56. The van der Waals surface area contributed by atoms with Crippen LogP contribution in [0.3, 0.4) is 0 Å². The van der Waals surface area contributed by atoms with Crippen LogP contribution in [0.5, 0.6) is 0 Å². The molecular weight excluding hydrogens is 300 g/mol. The topological polar surface area (TPSA) is 41.4 Å². The minimum atomic E-state index is 0.157. The number of hydrogen-bond acceptors (Lipinski definition) is 3. The van der Waals surface area contributed by atoms with Crippen LogP contribution in [-0.4, -0.2) is 45.1 Å². The van der Waals surface area contributed by atoms with Crippen molar-refractivity contribution < 1.29 is 4.79 Å². The van der Waals surface area contributed by atoms with E-state index in [9.17, 15) is 4.79 Å². The number of hydrogen-bond donors (Lipinski definition) is 0. The molecule has 2 aliphatic rings. The number of carbonyl (C=O) groups is 1. The van der Waals surface area contributed by atoms with Gasteiger partial charge in [0.1, 0.15) is 0 Å². The number of likely N-dealkylation sites (tertiary alicyclic amines) is 1. The molecule has 1 fully saturated rings. The molecule has 0 unspecified atom stereocenters. The molecule has 24 heavy (non-hydrogen) atoms. The maximum Gasteiger partial charge on any atom is 0.219 e. The van der Waals surface area contributed by atoms with Crippen LogP contribution in [0, 0.1) is 11.8 Å². The summed E-state index contributed by atoms with van der Waals surface area (Å²) in [6, 6.07) is 2.18. The number of piperidine rings is 1. The molecule has 3 heterocycles. The van der Waals surface area contributed by atoms with Crippen LogP contribution in [0.15, 0.2) is 6.07 Å². The summed E-state index contributed by atoms with van der Waals surface area (Å²) in [5.41, 5.74) is 2.33. The molecule has 1 aromatic heterocycles. The van der Waals surface area contributed by atoms with Gasteiger partial charge in [-0.15, -0.1) is 0 Å². The highest BCUT2D eigenvalue weighted by Crippen LogP contribution is 2.25. The number of rotatable bonds is 3. The number of fused-ring (bicyclic) bond motifs is 1. The van der Waals surface area contributed by atoms with Gasteiger partial charge in [-0.25, -0.2) is 0 Å². The summed E-state index contributed by atoms with van der Waals surface area (Å²) in [6.45, 7) is 16.0. The quantitative estimate of drug-likeness (QED) is 0.853. The van der Waals surface area contributed by atoms with E-state index in [0.717, 1.165) is 37.2 Å². The van der Waals surface area contributed by atoms with Gasteiger partial charge in [-0.1, -0.05) is 27.7 Å². The van der Waals surface area contributed by atoms with Crippen molar-refractivity contribution in [3.05, 3.63) is 17.5 Å². The van der Waals surface area contributed by atoms with Crippen molar-refractivity contribution in [3.8, 4) is 0 Å². The maximum absolute atomic E-state index is 11.5. The zero-order valence-corrected chi connectivity index (χ0v) is 16.1. The Balaban J connectivity index is 0.00000100. The Hall–Kier alpha value is -1.36. The maximum atomic E-state index is 11.5. The molecule has 5 nitrogen and oxygen atoms in total. The van der Waals surface area contributed by atoms with Gasteiger partial charge in [0, 0.05) is 20.0 Å². The summed E-state index contributed by atoms with van der Waals surface area (Å²) in [4.78, 5) is 15.9. The first-order valence-corrected chi connectivity index (χ1v) is 9.56. The molecular formula is C19H34N4O. The Morgan fingerprint density at radius 3 is 2.46 bits per heavy atom. The Morgan fingerprint density at radius 1 is 1.21 bits per heavy atom. The lowest BCUT2D eigenvalue weighted by atomic mass is 9.87. The number of amides is 1. The number of nitrogens with zero attached hydrogens (tertiary/aromatic N) is 4. The van der Waals surface area contributed by atoms with Crippen LogP contribution in [-0.2, 0) is 24.4 Å². The number of carbonyl (C=O) groups excluding carboxylic acids is 1. The molecule has 1 amide bonds. The zero-order valence-electron chi connectivity index (χ0n) is 16.1. The summed E-state index contributed by atoms with van der Waals surface area (Å²) < 4.78 is 2.08.